The molecule has 0 saturated heterocycles. The number of aliphatic carboxylic acids is 3. The van der Waals surface area contributed by atoms with Gasteiger partial charge in [-0.25, -0.2) is 0 Å². The number of nitrogens with zero attached hydrogens (tertiary/aromatic N) is 1. The van der Waals surface area contributed by atoms with Gasteiger partial charge in [-0.1, -0.05) is 57.6 Å². The Hall–Kier alpha value is -1.89. The molecule has 32 heavy (non-hydrogen) atoms. The largest absolute Gasteiger partial charge is 0.481 e. The molecule has 3 N–H and O–H groups in total. The fourth-order valence-electron chi connectivity index (χ4n) is 4.01. The van der Waals surface area contributed by atoms with Crippen LogP contribution in [0.4, 0.5) is 0 Å². The van der Waals surface area contributed by atoms with Gasteiger partial charge in [0.15, 0.2) is 0 Å². The summed E-state index contributed by atoms with van der Waals surface area (Å²) in [6, 6.07) is 0. The molecular weight excluding hydrogens is 410 g/mol. The lowest BCUT2D eigenvalue weighted by Gasteiger charge is -2.38. The first kappa shape index (κ1) is 30.1. The molecule has 0 aliphatic rings. The Bertz CT molecular complexity index is 501. The van der Waals surface area contributed by atoms with Crippen molar-refractivity contribution in [1.82, 2.24) is 0 Å². The zero-order valence-corrected chi connectivity index (χ0v) is 20.1. The molecule has 0 fully saturated rings. The monoisotopic (exact) mass is 456 g/mol. The van der Waals surface area contributed by atoms with Crippen LogP contribution in [0.15, 0.2) is 12.2 Å². The van der Waals surface area contributed by atoms with Gasteiger partial charge in [-0.3, -0.25) is 14.4 Å². The molecule has 0 atom stereocenters. The van der Waals surface area contributed by atoms with Gasteiger partial charge >= 0.3 is 17.9 Å². The number of carbonyl (C=O) groups is 3. The van der Waals surface area contributed by atoms with E-state index < -0.39 is 17.9 Å². The molecule has 7 heteroatoms. The summed E-state index contributed by atoms with van der Waals surface area (Å²) in [5, 5.41) is 27.2. The van der Waals surface area contributed by atoms with Gasteiger partial charge in [0.1, 0.15) is 0 Å². The molecule has 0 aromatic carbocycles. The van der Waals surface area contributed by atoms with Crippen LogP contribution >= 0.6 is 0 Å². The molecular formula is C25H46NO6+. The van der Waals surface area contributed by atoms with Crippen LogP contribution in [0, 0.1) is 0 Å². The first-order valence-electron chi connectivity index (χ1n) is 12.5. The van der Waals surface area contributed by atoms with Gasteiger partial charge in [-0.15, -0.1) is 0 Å². The van der Waals surface area contributed by atoms with E-state index in [4.69, 9.17) is 15.3 Å². The predicted octanol–water partition coefficient (Wildman–Crippen LogP) is 5.48. The minimum Gasteiger partial charge on any atom is -0.481 e. The van der Waals surface area contributed by atoms with Crippen LogP contribution in [0.5, 0.6) is 0 Å². The van der Waals surface area contributed by atoms with Crippen molar-refractivity contribution in [3.63, 3.8) is 0 Å². The highest BCUT2D eigenvalue weighted by Gasteiger charge is 2.29. The molecule has 0 spiro atoms. The minimum atomic E-state index is -0.937. The van der Waals surface area contributed by atoms with Gasteiger partial charge in [0.25, 0.3) is 0 Å². The molecule has 0 amide bonds. The van der Waals surface area contributed by atoms with Gasteiger partial charge in [0, 0.05) is 0 Å². The molecule has 0 bridgehead atoms. The average molecular weight is 457 g/mol. The lowest BCUT2D eigenvalue weighted by molar-refractivity contribution is -0.927. The summed E-state index contributed by atoms with van der Waals surface area (Å²) in [5.74, 6) is -2.81. The van der Waals surface area contributed by atoms with Crippen LogP contribution in [0.25, 0.3) is 0 Å². The second kappa shape index (κ2) is 19.8. The number of hydrogen-bond acceptors (Lipinski definition) is 3. The Morgan fingerprint density at radius 3 is 1.34 bits per heavy atom. The summed E-state index contributed by atoms with van der Waals surface area (Å²) >= 11 is 0. The predicted molar refractivity (Wildman–Crippen MR) is 127 cm³/mol. The maximum Gasteiger partial charge on any atom is 0.309 e. The quantitative estimate of drug-likeness (QED) is 0.107. The van der Waals surface area contributed by atoms with E-state index in [1.165, 1.54) is 44.9 Å². The average Bonchev–Trinajstić information content (AvgIpc) is 2.74. The van der Waals surface area contributed by atoms with Crippen molar-refractivity contribution in [3.8, 4) is 0 Å². The molecule has 0 saturated carbocycles. The van der Waals surface area contributed by atoms with Crippen LogP contribution in [0.2, 0.25) is 0 Å². The third kappa shape index (κ3) is 18.8. The van der Waals surface area contributed by atoms with E-state index in [0.29, 0.717) is 6.54 Å². The summed E-state index contributed by atoms with van der Waals surface area (Å²) in [7, 11) is 0. The molecule has 0 rings (SSSR count). The molecule has 0 aliphatic heterocycles. The number of hydrogen-bond donors (Lipinski definition) is 3. The molecule has 0 aromatic heterocycles. The van der Waals surface area contributed by atoms with Crippen molar-refractivity contribution in [1.29, 1.82) is 0 Å². The van der Waals surface area contributed by atoms with Gasteiger partial charge in [0.05, 0.1) is 45.4 Å². The van der Waals surface area contributed by atoms with Crippen LogP contribution in [0.1, 0.15) is 103 Å². The van der Waals surface area contributed by atoms with Crippen molar-refractivity contribution in [2.75, 3.05) is 26.2 Å². The SMILES string of the molecule is CCCCCC/C=C/CCCCCCCC[N+](CCC(=O)O)(CCC(=O)O)CCC(=O)O. The third-order valence-corrected chi connectivity index (χ3v) is 6.04. The Labute approximate surface area is 194 Å². The van der Waals surface area contributed by atoms with Crippen molar-refractivity contribution in [2.45, 2.75) is 103 Å². The highest BCUT2D eigenvalue weighted by molar-refractivity contribution is 5.67. The standard InChI is InChI=1S/C25H45NO6/c1-2-3-4-5-6-7-8-9-10-11-12-13-14-15-19-26(20-16-23(27)28,21-17-24(29)30)22-18-25(31)32/h7-8H,2-6,9-22H2,1H3,(H2-,27,28,29,30,31,32)/p+1/b8-7+. The third-order valence-electron chi connectivity index (χ3n) is 6.04. The van der Waals surface area contributed by atoms with E-state index in [1.807, 2.05) is 0 Å². The zero-order valence-electron chi connectivity index (χ0n) is 20.1. The Kier molecular flexibility index (Phi) is 18.6. The molecule has 0 aromatic rings. The highest BCUT2D eigenvalue weighted by Crippen LogP contribution is 2.16. The van der Waals surface area contributed by atoms with E-state index in [9.17, 15) is 14.4 Å². The normalized spacial score (nSPS) is 11.8. The van der Waals surface area contributed by atoms with Crippen molar-refractivity contribution >= 4 is 17.9 Å². The Morgan fingerprint density at radius 2 is 0.938 bits per heavy atom. The second-order valence-electron chi connectivity index (χ2n) is 8.90. The number of carboxylic acids is 3. The van der Waals surface area contributed by atoms with E-state index in [1.54, 1.807) is 0 Å². The maximum absolute atomic E-state index is 11.1. The fraction of sp³-hybridized carbons (Fsp3) is 0.800. The first-order valence-corrected chi connectivity index (χ1v) is 12.5. The molecule has 0 radical (unpaired) electrons. The Balaban J connectivity index is 4.24. The fourth-order valence-corrected chi connectivity index (χ4v) is 4.01. The number of unbranched alkanes of at least 4 members (excludes halogenated alkanes) is 10. The summed E-state index contributed by atoms with van der Waals surface area (Å²) in [6.45, 7) is 3.69. The maximum atomic E-state index is 11.1. The van der Waals surface area contributed by atoms with E-state index in [0.717, 1.165) is 32.1 Å². The van der Waals surface area contributed by atoms with E-state index in [2.05, 4.69) is 19.1 Å². The van der Waals surface area contributed by atoms with Crippen molar-refractivity contribution in [2.24, 2.45) is 0 Å². The summed E-state index contributed by atoms with van der Waals surface area (Å²) in [5.41, 5.74) is 0. The first-order chi connectivity index (χ1) is 15.3. The molecule has 0 aliphatic carbocycles. The van der Waals surface area contributed by atoms with Crippen molar-refractivity contribution in [3.05, 3.63) is 12.2 Å². The number of allylic oxidation sites excluding steroid dienone is 2. The van der Waals surface area contributed by atoms with E-state index >= 15 is 0 Å². The van der Waals surface area contributed by atoms with Crippen LogP contribution in [0.3, 0.4) is 0 Å². The van der Waals surface area contributed by atoms with Gasteiger partial charge in [0.2, 0.25) is 0 Å². The molecule has 7 nitrogen and oxygen atoms in total. The second-order valence-corrected chi connectivity index (χ2v) is 8.90. The highest BCUT2D eigenvalue weighted by atomic mass is 16.4. The summed E-state index contributed by atoms with van der Waals surface area (Å²) in [4.78, 5) is 33.2. The number of rotatable bonds is 23. The number of carboxylic acid groups (broad SMARTS) is 3. The van der Waals surface area contributed by atoms with Crippen molar-refractivity contribution < 1.29 is 34.2 Å². The van der Waals surface area contributed by atoms with Gasteiger partial charge in [-0.2, -0.15) is 0 Å². The van der Waals surface area contributed by atoms with Gasteiger partial charge < -0.3 is 19.8 Å². The van der Waals surface area contributed by atoms with Crippen LogP contribution < -0.4 is 0 Å². The summed E-state index contributed by atoms with van der Waals surface area (Å²) in [6.07, 6.45) is 18.4. The molecule has 186 valence electrons. The lowest BCUT2D eigenvalue weighted by Crippen LogP contribution is -2.52. The number of quaternary nitrogens is 1. The zero-order chi connectivity index (χ0) is 24.1. The van der Waals surface area contributed by atoms with Crippen LogP contribution in [-0.2, 0) is 14.4 Å². The lowest BCUT2D eigenvalue weighted by atomic mass is 10.1. The minimum absolute atomic E-state index is 0.0780. The molecule has 0 unspecified atom stereocenters. The Morgan fingerprint density at radius 1 is 0.562 bits per heavy atom. The topological polar surface area (TPSA) is 112 Å². The van der Waals surface area contributed by atoms with E-state index in [-0.39, 0.29) is 43.4 Å². The van der Waals surface area contributed by atoms with Crippen LogP contribution in [-0.4, -0.2) is 63.9 Å². The smallest absolute Gasteiger partial charge is 0.309 e. The van der Waals surface area contributed by atoms with Gasteiger partial charge in [-0.05, 0) is 38.5 Å². The molecule has 0 heterocycles. The summed E-state index contributed by atoms with van der Waals surface area (Å²) < 4.78 is 0.258.